The monoisotopic (exact) mass is 446 g/mol. The van der Waals surface area contributed by atoms with Gasteiger partial charge in [-0.05, 0) is 17.5 Å². The summed E-state index contributed by atoms with van der Waals surface area (Å²) in [4.78, 5) is 12.3. The van der Waals surface area contributed by atoms with Crippen molar-refractivity contribution in [1.82, 2.24) is 20.3 Å². The first-order valence-electron chi connectivity index (χ1n) is 9.95. The van der Waals surface area contributed by atoms with Crippen LogP contribution in [0.3, 0.4) is 0 Å². The van der Waals surface area contributed by atoms with E-state index in [-0.39, 0.29) is 24.9 Å². The molecule has 0 aliphatic heterocycles. The number of rotatable bonds is 9. The number of aromatic nitrogens is 3. The van der Waals surface area contributed by atoms with Gasteiger partial charge in [0.2, 0.25) is 5.91 Å². The number of hydrogen-bond acceptors (Lipinski definition) is 5. The number of amides is 1. The maximum Gasteiger partial charge on any atom is 0.475 e. The minimum Gasteiger partial charge on any atom is -0.426 e. The predicted octanol–water partition coefficient (Wildman–Crippen LogP) is 2.18. The molecule has 3 rings (SSSR count). The van der Waals surface area contributed by atoms with E-state index in [9.17, 15) is 28.0 Å². The summed E-state index contributed by atoms with van der Waals surface area (Å²) >= 11 is 0. The SMILES string of the molecule is O=C(CCn1cc(-c2ccccc2)nn1)N[C@@H](Cc1cccc(CC(F)(F)F)c1)B(O)O. The van der Waals surface area contributed by atoms with Crippen LogP contribution in [-0.2, 0) is 24.2 Å². The lowest BCUT2D eigenvalue weighted by atomic mass is 9.75. The number of alkyl halides is 3. The molecule has 0 saturated heterocycles. The fourth-order valence-electron chi connectivity index (χ4n) is 3.23. The van der Waals surface area contributed by atoms with E-state index in [0.717, 1.165) is 5.56 Å². The van der Waals surface area contributed by atoms with Gasteiger partial charge in [-0.25, -0.2) is 0 Å². The number of nitrogens with zero attached hydrogens (tertiary/aromatic N) is 3. The predicted molar refractivity (Wildman–Crippen MR) is 112 cm³/mol. The first kappa shape index (κ1) is 23.5. The third-order valence-corrected chi connectivity index (χ3v) is 4.73. The summed E-state index contributed by atoms with van der Waals surface area (Å²) in [6.07, 6.45) is -3.74. The summed E-state index contributed by atoms with van der Waals surface area (Å²) in [5, 5.41) is 29.8. The van der Waals surface area contributed by atoms with Gasteiger partial charge in [0.15, 0.2) is 0 Å². The van der Waals surface area contributed by atoms with Crippen LogP contribution in [0.25, 0.3) is 11.3 Å². The van der Waals surface area contributed by atoms with Gasteiger partial charge in [0.25, 0.3) is 0 Å². The fraction of sp³-hybridized carbons (Fsp3) is 0.286. The van der Waals surface area contributed by atoms with E-state index in [0.29, 0.717) is 11.3 Å². The first-order chi connectivity index (χ1) is 15.2. The second kappa shape index (κ2) is 10.4. The molecule has 0 fully saturated rings. The quantitative estimate of drug-likeness (QED) is 0.438. The van der Waals surface area contributed by atoms with E-state index in [1.54, 1.807) is 12.3 Å². The van der Waals surface area contributed by atoms with Gasteiger partial charge < -0.3 is 15.4 Å². The normalized spacial score (nSPS) is 12.4. The molecule has 168 valence electrons. The van der Waals surface area contributed by atoms with Crippen molar-refractivity contribution in [3.8, 4) is 11.3 Å². The van der Waals surface area contributed by atoms with Crippen molar-refractivity contribution in [2.75, 3.05) is 0 Å². The maximum absolute atomic E-state index is 12.6. The second-order valence-corrected chi connectivity index (χ2v) is 7.39. The molecule has 0 aliphatic carbocycles. The number of halogens is 3. The van der Waals surface area contributed by atoms with Gasteiger partial charge in [-0.1, -0.05) is 59.8 Å². The number of benzene rings is 2. The summed E-state index contributed by atoms with van der Waals surface area (Å²) in [6, 6.07) is 15.1. The molecule has 1 atom stereocenters. The molecule has 0 aliphatic rings. The Morgan fingerprint density at radius 2 is 1.81 bits per heavy atom. The average molecular weight is 446 g/mol. The Bertz CT molecular complexity index is 1030. The summed E-state index contributed by atoms with van der Waals surface area (Å²) in [5.41, 5.74) is 2.06. The van der Waals surface area contributed by atoms with Crippen LogP contribution >= 0.6 is 0 Å². The minimum atomic E-state index is -4.34. The zero-order valence-electron chi connectivity index (χ0n) is 17.0. The molecular formula is C21H22BF3N4O3. The van der Waals surface area contributed by atoms with Crippen molar-refractivity contribution in [3.05, 3.63) is 71.9 Å². The van der Waals surface area contributed by atoms with E-state index in [1.807, 2.05) is 30.3 Å². The number of carbonyl (C=O) groups is 1. The van der Waals surface area contributed by atoms with Crippen LogP contribution in [0.5, 0.6) is 0 Å². The van der Waals surface area contributed by atoms with Crippen LogP contribution in [0.15, 0.2) is 60.8 Å². The van der Waals surface area contributed by atoms with Gasteiger partial charge in [-0.15, -0.1) is 5.10 Å². The van der Waals surface area contributed by atoms with Crippen LogP contribution in [0.2, 0.25) is 0 Å². The third kappa shape index (κ3) is 7.21. The van der Waals surface area contributed by atoms with Crippen molar-refractivity contribution < 1.29 is 28.0 Å². The third-order valence-electron chi connectivity index (χ3n) is 4.73. The Morgan fingerprint density at radius 3 is 2.50 bits per heavy atom. The van der Waals surface area contributed by atoms with Gasteiger partial charge >= 0.3 is 13.3 Å². The molecular weight excluding hydrogens is 424 g/mol. The molecule has 1 amide bonds. The lowest BCUT2D eigenvalue weighted by Crippen LogP contribution is -2.48. The van der Waals surface area contributed by atoms with Crippen molar-refractivity contribution in [2.45, 2.75) is 37.9 Å². The smallest absolute Gasteiger partial charge is 0.426 e. The fourth-order valence-corrected chi connectivity index (χ4v) is 3.23. The van der Waals surface area contributed by atoms with Crippen LogP contribution in [-0.4, -0.2) is 50.2 Å². The highest BCUT2D eigenvalue weighted by Crippen LogP contribution is 2.22. The van der Waals surface area contributed by atoms with Crippen LogP contribution < -0.4 is 5.32 Å². The molecule has 11 heteroatoms. The Balaban J connectivity index is 1.55. The van der Waals surface area contributed by atoms with E-state index < -0.39 is 31.6 Å². The van der Waals surface area contributed by atoms with Crippen molar-refractivity contribution in [2.24, 2.45) is 0 Å². The summed E-state index contributed by atoms with van der Waals surface area (Å²) < 4.78 is 39.3. The molecule has 0 radical (unpaired) electrons. The zero-order chi connectivity index (χ0) is 23.1. The highest BCUT2D eigenvalue weighted by molar-refractivity contribution is 6.43. The molecule has 32 heavy (non-hydrogen) atoms. The highest BCUT2D eigenvalue weighted by atomic mass is 19.4. The van der Waals surface area contributed by atoms with Crippen LogP contribution in [0.4, 0.5) is 13.2 Å². The molecule has 7 nitrogen and oxygen atoms in total. The van der Waals surface area contributed by atoms with Crippen molar-refractivity contribution >= 4 is 13.0 Å². The largest absolute Gasteiger partial charge is 0.475 e. The molecule has 0 saturated carbocycles. The molecule has 0 unspecified atom stereocenters. The van der Waals surface area contributed by atoms with Gasteiger partial charge in [0.1, 0.15) is 5.69 Å². The number of carbonyl (C=O) groups excluding carboxylic acids is 1. The highest BCUT2D eigenvalue weighted by Gasteiger charge is 2.29. The van der Waals surface area contributed by atoms with Gasteiger partial charge in [-0.3, -0.25) is 9.48 Å². The van der Waals surface area contributed by atoms with Gasteiger partial charge in [-0.2, -0.15) is 13.2 Å². The first-order valence-corrected chi connectivity index (χ1v) is 9.95. The number of aryl methyl sites for hydroxylation is 1. The van der Waals surface area contributed by atoms with Crippen molar-refractivity contribution in [3.63, 3.8) is 0 Å². The molecule has 0 bridgehead atoms. The van der Waals surface area contributed by atoms with Crippen molar-refractivity contribution in [1.29, 1.82) is 0 Å². The molecule has 1 aromatic heterocycles. The summed E-state index contributed by atoms with van der Waals surface area (Å²) in [7, 11) is -1.87. The Kier molecular flexibility index (Phi) is 7.65. The van der Waals surface area contributed by atoms with E-state index >= 15 is 0 Å². The van der Waals surface area contributed by atoms with E-state index in [2.05, 4.69) is 15.6 Å². The average Bonchev–Trinajstić information content (AvgIpc) is 3.20. The van der Waals surface area contributed by atoms with E-state index in [4.69, 9.17) is 0 Å². The van der Waals surface area contributed by atoms with Crippen LogP contribution in [0.1, 0.15) is 17.5 Å². The molecule has 0 spiro atoms. The topological polar surface area (TPSA) is 100 Å². The van der Waals surface area contributed by atoms with Gasteiger partial charge in [0, 0.05) is 12.0 Å². The second-order valence-electron chi connectivity index (χ2n) is 7.39. The molecule has 3 aromatic rings. The standard InChI is InChI=1S/C21H22BF3N4O3/c23-21(24,25)13-16-6-4-5-15(11-16)12-19(22(31)32)26-20(30)9-10-29-14-18(27-28-29)17-7-2-1-3-8-17/h1-8,11,14,19,31-32H,9-10,12-13H2,(H,26,30)/t19-/m0/s1. The minimum absolute atomic E-state index is 0.00885. The maximum atomic E-state index is 12.6. The molecule has 1 heterocycles. The van der Waals surface area contributed by atoms with E-state index in [1.165, 1.54) is 22.9 Å². The Morgan fingerprint density at radius 1 is 1.09 bits per heavy atom. The molecule has 3 N–H and O–H groups in total. The molecule has 2 aromatic carbocycles. The zero-order valence-corrected chi connectivity index (χ0v) is 17.0. The summed E-state index contributed by atoms with van der Waals surface area (Å²) in [5.74, 6) is -1.52. The lowest BCUT2D eigenvalue weighted by molar-refractivity contribution is -0.127. The van der Waals surface area contributed by atoms with Crippen LogP contribution in [0, 0.1) is 0 Å². The number of hydrogen-bond donors (Lipinski definition) is 3. The number of nitrogens with one attached hydrogen (secondary N) is 1. The van der Waals surface area contributed by atoms with Gasteiger partial charge in [0.05, 0.1) is 25.1 Å². The summed E-state index contributed by atoms with van der Waals surface area (Å²) in [6.45, 7) is 0.223. The Hall–Kier alpha value is -3.18. The lowest BCUT2D eigenvalue weighted by Gasteiger charge is -2.18. The Labute approximate surface area is 183 Å².